The Hall–Kier alpha value is -1.85. The van der Waals surface area contributed by atoms with Gasteiger partial charge in [-0.15, -0.1) is 11.3 Å². The van der Waals surface area contributed by atoms with Crippen molar-refractivity contribution in [3.8, 4) is 5.75 Å². The van der Waals surface area contributed by atoms with Gasteiger partial charge in [0, 0.05) is 30.1 Å². The summed E-state index contributed by atoms with van der Waals surface area (Å²) in [6.07, 6.45) is 0.905. The van der Waals surface area contributed by atoms with E-state index in [1.54, 1.807) is 18.4 Å². The molecule has 0 bridgehead atoms. The van der Waals surface area contributed by atoms with E-state index in [0.717, 1.165) is 30.8 Å². The minimum atomic E-state index is 0.00764. The summed E-state index contributed by atoms with van der Waals surface area (Å²) in [4.78, 5) is 15.6. The molecule has 2 unspecified atom stereocenters. The fraction of sp³-hybridized carbons (Fsp3) is 0.353. The minimum absolute atomic E-state index is 0.00764. The molecule has 2 heterocycles. The van der Waals surface area contributed by atoms with Crippen LogP contribution in [0.25, 0.3) is 0 Å². The van der Waals surface area contributed by atoms with Crippen molar-refractivity contribution < 1.29 is 9.53 Å². The molecule has 1 aliphatic rings. The first-order valence-corrected chi connectivity index (χ1v) is 8.32. The fourth-order valence-corrected chi connectivity index (χ4v) is 3.24. The van der Waals surface area contributed by atoms with Crippen LogP contribution in [0.1, 0.15) is 10.4 Å². The largest absolute Gasteiger partial charge is 0.496 e. The van der Waals surface area contributed by atoms with Gasteiger partial charge in [0.15, 0.2) is 0 Å². The first-order chi connectivity index (χ1) is 10.8. The average molecular weight is 316 g/mol. The molecule has 3 rings (SSSR count). The molecule has 2 atom stereocenters. The lowest BCUT2D eigenvalue weighted by Crippen LogP contribution is -2.31. The molecular formula is C17H20N2O2S. The van der Waals surface area contributed by atoms with E-state index in [4.69, 9.17) is 4.74 Å². The number of carbonyl (C=O) groups is 1. The summed E-state index contributed by atoms with van der Waals surface area (Å²) in [6.45, 7) is 2.29. The Morgan fingerprint density at radius 3 is 3.00 bits per heavy atom. The molecule has 116 valence electrons. The number of ether oxygens (including phenoxy) is 1. The van der Waals surface area contributed by atoms with Crippen molar-refractivity contribution in [1.82, 2.24) is 10.2 Å². The molecule has 1 aromatic carbocycles. The first kappa shape index (κ1) is 15.1. The molecule has 1 amide bonds. The highest BCUT2D eigenvalue weighted by atomic mass is 32.1. The molecule has 1 saturated heterocycles. The first-order valence-electron chi connectivity index (χ1n) is 7.44. The number of rotatable bonds is 7. The summed E-state index contributed by atoms with van der Waals surface area (Å²) in [5.41, 5.74) is 1.12. The molecule has 0 spiro atoms. The zero-order chi connectivity index (χ0) is 15.4. The van der Waals surface area contributed by atoms with Crippen LogP contribution in [0.2, 0.25) is 0 Å². The Kier molecular flexibility index (Phi) is 4.75. The Balaban J connectivity index is 1.44. The van der Waals surface area contributed by atoms with E-state index >= 15 is 0 Å². The summed E-state index contributed by atoms with van der Waals surface area (Å²) < 4.78 is 5.35. The van der Waals surface area contributed by atoms with Gasteiger partial charge in [-0.05, 0) is 23.9 Å². The molecule has 1 N–H and O–H groups in total. The van der Waals surface area contributed by atoms with E-state index < -0.39 is 0 Å². The van der Waals surface area contributed by atoms with Crippen molar-refractivity contribution in [2.75, 3.05) is 20.2 Å². The summed E-state index contributed by atoms with van der Waals surface area (Å²) >= 11 is 1.73. The lowest BCUT2D eigenvalue weighted by molar-refractivity contribution is -0.121. The third kappa shape index (κ3) is 3.67. The third-order valence-corrected chi connectivity index (χ3v) is 4.77. The second kappa shape index (κ2) is 6.94. The topological polar surface area (TPSA) is 41.3 Å². The van der Waals surface area contributed by atoms with Gasteiger partial charge in [-0.25, -0.2) is 0 Å². The molecule has 0 radical (unpaired) electrons. The Labute approximate surface area is 134 Å². The summed E-state index contributed by atoms with van der Waals surface area (Å²) in [7, 11) is 1.68. The zero-order valence-corrected chi connectivity index (χ0v) is 13.4. The van der Waals surface area contributed by atoms with Gasteiger partial charge in [-0.1, -0.05) is 24.3 Å². The summed E-state index contributed by atoms with van der Waals surface area (Å²) in [6, 6.07) is 12.1. The van der Waals surface area contributed by atoms with E-state index in [1.165, 1.54) is 4.88 Å². The number of carbonyl (C=O) groups excluding carboxylic acids is 1. The molecule has 4 nitrogen and oxygen atoms in total. The number of hydrogen-bond acceptors (Lipinski definition) is 4. The Bertz CT molecular complexity index is 627. The van der Waals surface area contributed by atoms with Gasteiger partial charge in [0.05, 0.1) is 7.11 Å². The second-order valence-electron chi connectivity index (χ2n) is 5.38. The van der Waals surface area contributed by atoms with Gasteiger partial charge in [0.1, 0.15) is 11.8 Å². The highest BCUT2D eigenvalue weighted by molar-refractivity contribution is 7.09. The van der Waals surface area contributed by atoms with E-state index in [1.807, 2.05) is 30.3 Å². The van der Waals surface area contributed by atoms with Crippen molar-refractivity contribution in [2.24, 2.45) is 0 Å². The highest BCUT2D eigenvalue weighted by Crippen LogP contribution is 2.26. The Morgan fingerprint density at radius 1 is 1.36 bits per heavy atom. The number of benzene rings is 1. The molecular weight excluding hydrogens is 296 g/mol. The van der Waals surface area contributed by atoms with E-state index in [9.17, 15) is 4.79 Å². The minimum Gasteiger partial charge on any atom is -0.496 e. The van der Waals surface area contributed by atoms with Gasteiger partial charge < -0.3 is 10.1 Å². The molecule has 1 fully saturated rings. The molecule has 5 heteroatoms. The van der Waals surface area contributed by atoms with Crippen LogP contribution in [0.15, 0.2) is 41.8 Å². The monoisotopic (exact) mass is 316 g/mol. The maximum Gasteiger partial charge on any atom is 0.238 e. The van der Waals surface area contributed by atoms with Crippen molar-refractivity contribution in [3.05, 3.63) is 52.2 Å². The van der Waals surface area contributed by atoms with E-state index in [0.29, 0.717) is 6.54 Å². The van der Waals surface area contributed by atoms with Crippen molar-refractivity contribution in [1.29, 1.82) is 0 Å². The van der Waals surface area contributed by atoms with Crippen LogP contribution in [0.5, 0.6) is 5.75 Å². The maximum atomic E-state index is 12.1. The number of methoxy groups -OCH3 is 1. The lowest BCUT2D eigenvalue weighted by atomic mass is 10.2. The van der Waals surface area contributed by atoms with Crippen LogP contribution in [-0.2, 0) is 17.8 Å². The third-order valence-electron chi connectivity index (χ3n) is 3.83. The number of nitrogens with zero attached hydrogens (tertiary/aromatic N) is 1. The van der Waals surface area contributed by atoms with Gasteiger partial charge in [0.25, 0.3) is 0 Å². The summed E-state index contributed by atoms with van der Waals surface area (Å²) in [5, 5.41) is 5.08. The number of para-hydroxylation sites is 1. The lowest BCUT2D eigenvalue weighted by Gasteiger charge is -2.09. The number of hydrogen-bond donors (Lipinski definition) is 1. The fourth-order valence-electron chi connectivity index (χ4n) is 2.53. The van der Waals surface area contributed by atoms with Gasteiger partial charge >= 0.3 is 0 Å². The van der Waals surface area contributed by atoms with Gasteiger partial charge in [-0.2, -0.15) is 0 Å². The summed E-state index contributed by atoms with van der Waals surface area (Å²) in [5.74, 6) is 1.01. The standard InChI is InChI=1S/C17H20N2O2S/c1-21-16-7-3-2-5-13(16)11-19-12-15(19)17(20)18-9-8-14-6-4-10-22-14/h2-7,10,15H,8-9,11-12H2,1H3,(H,18,20). The van der Waals surface area contributed by atoms with Crippen LogP contribution in [-0.4, -0.2) is 37.0 Å². The molecule has 1 aliphatic heterocycles. The second-order valence-corrected chi connectivity index (χ2v) is 6.41. The van der Waals surface area contributed by atoms with Crippen LogP contribution >= 0.6 is 11.3 Å². The smallest absolute Gasteiger partial charge is 0.238 e. The SMILES string of the molecule is COc1ccccc1CN1CC1C(=O)NCCc1cccs1. The molecule has 22 heavy (non-hydrogen) atoms. The van der Waals surface area contributed by atoms with Crippen molar-refractivity contribution in [3.63, 3.8) is 0 Å². The van der Waals surface area contributed by atoms with Crippen LogP contribution in [0.4, 0.5) is 0 Å². The van der Waals surface area contributed by atoms with Crippen molar-refractivity contribution in [2.45, 2.75) is 19.0 Å². The van der Waals surface area contributed by atoms with Crippen LogP contribution < -0.4 is 10.1 Å². The van der Waals surface area contributed by atoms with Gasteiger partial charge in [-0.3, -0.25) is 9.69 Å². The predicted molar refractivity (Wildman–Crippen MR) is 88.2 cm³/mol. The Morgan fingerprint density at radius 2 is 2.23 bits per heavy atom. The number of nitrogens with one attached hydrogen (secondary N) is 1. The van der Waals surface area contributed by atoms with E-state index in [-0.39, 0.29) is 11.9 Å². The molecule has 1 aromatic heterocycles. The van der Waals surface area contributed by atoms with Crippen LogP contribution in [0, 0.1) is 0 Å². The zero-order valence-electron chi connectivity index (χ0n) is 12.6. The van der Waals surface area contributed by atoms with Gasteiger partial charge in [0.2, 0.25) is 5.91 Å². The number of amides is 1. The van der Waals surface area contributed by atoms with E-state index in [2.05, 4.69) is 21.7 Å². The maximum absolute atomic E-state index is 12.1. The molecule has 0 aliphatic carbocycles. The van der Waals surface area contributed by atoms with Crippen molar-refractivity contribution >= 4 is 17.2 Å². The molecule has 2 aromatic rings. The van der Waals surface area contributed by atoms with Crippen LogP contribution in [0.3, 0.4) is 0 Å². The normalized spacial score (nSPS) is 19.7. The number of thiophene rings is 1. The molecule has 0 saturated carbocycles. The average Bonchev–Trinajstić information content (AvgIpc) is 3.11. The quantitative estimate of drug-likeness (QED) is 0.797. The highest BCUT2D eigenvalue weighted by Gasteiger charge is 2.40. The predicted octanol–water partition coefficient (Wildman–Crippen LogP) is 2.30.